The molecule has 0 aromatic carbocycles. The predicted octanol–water partition coefficient (Wildman–Crippen LogP) is 2.99. The molecule has 1 saturated heterocycles. The maximum absolute atomic E-state index is 3.61. The number of likely N-dealkylation sites (tertiary alicyclic amines) is 1. The Bertz CT molecular complexity index is 292. The highest BCUT2D eigenvalue weighted by molar-refractivity contribution is 4.93. The van der Waals surface area contributed by atoms with E-state index in [1.807, 2.05) is 0 Å². The van der Waals surface area contributed by atoms with E-state index in [0.717, 1.165) is 35.6 Å². The first-order valence-electron chi connectivity index (χ1n) is 8.57. The average Bonchev–Trinajstić information content (AvgIpc) is 2.92. The molecule has 3 rings (SSSR count). The number of hydrogen-bond donors (Lipinski definition) is 1. The van der Waals surface area contributed by atoms with Gasteiger partial charge in [0.05, 0.1) is 0 Å². The maximum Gasteiger partial charge on any atom is 0.0110 e. The lowest BCUT2D eigenvalue weighted by Crippen LogP contribution is -2.47. The molecule has 0 spiro atoms. The van der Waals surface area contributed by atoms with Crippen molar-refractivity contribution in [1.82, 2.24) is 10.2 Å². The zero-order valence-corrected chi connectivity index (χ0v) is 13.1. The Morgan fingerprint density at radius 3 is 2.37 bits per heavy atom. The van der Waals surface area contributed by atoms with Crippen LogP contribution >= 0.6 is 0 Å². The van der Waals surface area contributed by atoms with Crippen molar-refractivity contribution in [3.8, 4) is 0 Å². The minimum Gasteiger partial charge on any atom is -0.317 e. The number of hydrogen-bond acceptors (Lipinski definition) is 2. The standard InChI is InChI=1S/C17H32N2/c1-12-7-13(2)16(17(8-12)18-3)11-19-9-14-5-4-6-15(14)10-19/h12-18H,4-11H2,1-3H3. The fourth-order valence-electron chi connectivity index (χ4n) is 5.33. The molecule has 0 radical (unpaired) electrons. The van der Waals surface area contributed by atoms with Crippen LogP contribution in [0, 0.1) is 29.6 Å². The minimum absolute atomic E-state index is 0.749. The molecular weight excluding hydrogens is 232 g/mol. The molecule has 6 atom stereocenters. The molecule has 0 aromatic rings. The molecule has 0 bridgehead atoms. The summed E-state index contributed by atoms with van der Waals surface area (Å²) in [5, 5.41) is 3.61. The van der Waals surface area contributed by atoms with Gasteiger partial charge in [0, 0.05) is 25.7 Å². The lowest BCUT2D eigenvalue weighted by atomic mass is 9.72. The summed E-state index contributed by atoms with van der Waals surface area (Å²) in [5.41, 5.74) is 0. The van der Waals surface area contributed by atoms with Crippen molar-refractivity contribution in [3.63, 3.8) is 0 Å². The van der Waals surface area contributed by atoms with Crippen molar-refractivity contribution in [2.45, 2.75) is 52.0 Å². The smallest absolute Gasteiger partial charge is 0.0110 e. The molecule has 110 valence electrons. The molecule has 3 aliphatic rings. The van der Waals surface area contributed by atoms with Gasteiger partial charge in [-0.2, -0.15) is 0 Å². The molecule has 1 heterocycles. The minimum atomic E-state index is 0.749. The highest BCUT2D eigenvalue weighted by Gasteiger charge is 2.39. The summed E-state index contributed by atoms with van der Waals surface area (Å²) < 4.78 is 0. The van der Waals surface area contributed by atoms with Gasteiger partial charge < -0.3 is 10.2 Å². The number of nitrogens with zero attached hydrogens (tertiary/aromatic N) is 1. The van der Waals surface area contributed by atoms with E-state index in [1.165, 1.54) is 51.7 Å². The Labute approximate surface area is 119 Å². The van der Waals surface area contributed by atoms with Gasteiger partial charge in [-0.1, -0.05) is 20.3 Å². The molecular formula is C17H32N2. The Kier molecular flexibility index (Phi) is 4.19. The first kappa shape index (κ1) is 13.9. The highest BCUT2D eigenvalue weighted by atomic mass is 15.2. The van der Waals surface area contributed by atoms with E-state index in [4.69, 9.17) is 0 Å². The van der Waals surface area contributed by atoms with Crippen molar-refractivity contribution in [3.05, 3.63) is 0 Å². The van der Waals surface area contributed by atoms with Crippen molar-refractivity contribution in [2.75, 3.05) is 26.7 Å². The van der Waals surface area contributed by atoms with Crippen molar-refractivity contribution < 1.29 is 0 Å². The van der Waals surface area contributed by atoms with Crippen molar-refractivity contribution in [2.24, 2.45) is 29.6 Å². The quantitative estimate of drug-likeness (QED) is 0.843. The lowest BCUT2D eigenvalue weighted by Gasteiger charge is -2.41. The van der Waals surface area contributed by atoms with E-state index in [0.29, 0.717) is 0 Å². The Morgan fingerprint density at radius 1 is 1.05 bits per heavy atom. The zero-order valence-electron chi connectivity index (χ0n) is 13.1. The van der Waals surface area contributed by atoms with Crippen LogP contribution in [0.5, 0.6) is 0 Å². The molecule has 2 nitrogen and oxygen atoms in total. The molecule has 19 heavy (non-hydrogen) atoms. The fraction of sp³-hybridized carbons (Fsp3) is 1.00. The monoisotopic (exact) mass is 264 g/mol. The van der Waals surface area contributed by atoms with Crippen LogP contribution in [-0.4, -0.2) is 37.6 Å². The van der Waals surface area contributed by atoms with Gasteiger partial charge in [-0.15, -0.1) is 0 Å². The van der Waals surface area contributed by atoms with E-state index in [9.17, 15) is 0 Å². The van der Waals surface area contributed by atoms with Gasteiger partial charge in [0.25, 0.3) is 0 Å². The summed E-state index contributed by atoms with van der Waals surface area (Å²) in [4.78, 5) is 2.80. The summed E-state index contributed by atoms with van der Waals surface area (Å²) in [7, 11) is 2.17. The van der Waals surface area contributed by atoms with Crippen LogP contribution in [0.15, 0.2) is 0 Å². The molecule has 1 N–H and O–H groups in total. The molecule has 2 heteroatoms. The highest BCUT2D eigenvalue weighted by Crippen LogP contribution is 2.40. The fourth-order valence-corrected chi connectivity index (χ4v) is 5.33. The molecule has 2 saturated carbocycles. The van der Waals surface area contributed by atoms with Crippen LogP contribution in [0.3, 0.4) is 0 Å². The largest absolute Gasteiger partial charge is 0.317 e. The summed E-state index contributed by atoms with van der Waals surface area (Å²) >= 11 is 0. The van der Waals surface area contributed by atoms with Gasteiger partial charge in [-0.05, 0) is 62.3 Å². The topological polar surface area (TPSA) is 15.3 Å². The maximum atomic E-state index is 3.61. The van der Waals surface area contributed by atoms with Crippen LogP contribution in [0.2, 0.25) is 0 Å². The predicted molar refractivity (Wildman–Crippen MR) is 81.2 cm³/mol. The second-order valence-electron chi connectivity index (χ2n) is 7.78. The van der Waals surface area contributed by atoms with Crippen LogP contribution < -0.4 is 5.32 Å². The van der Waals surface area contributed by atoms with Gasteiger partial charge >= 0.3 is 0 Å². The van der Waals surface area contributed by atoms with Crippen molar-refractivity contribution >= 4 is 0 Å². The van der Waals surface area contributed by atoms with Crippen molar-refractivity contribution in [1.29, 1.82) is 0 Å². The normalized spacial score (nSPS) is 47.5. The Balaban J connectivity index is 1.58. The third kappa shape index (κ3) is 2.85. The number of fused-ring (bicyclic) bond motifs is 1. The molecule has 0 aromatic heterocycles. The molecule has 0 amide bonds. The van der Waals surface area contributed by atoms with E-state index in [1.54, 1.807) is 0 Å². The van der Waals surface area contributed by atoms with E-state index < -0.39 is 0 Å². The average molecular weight is 264 g/mol. The molecule has 2 aliphatic carbocycles. The lowest BCUT2D eigenvalue weighted by molar-refractivity contribution is 0.111. The van der Waals surface area contributed by atoms with Crippen LogP contribution in [0.4, 0.5) is 0 Å². The first-order chi connectivity index (χ1) is 9.17. The second kappa shape index (κ2) is 5.73. The summed E-state index contributed by atoms with van der Waals surface area (Å²) in [6, 6.07) is 0.749. The van der Waals surface area contributed by atoms with Gasteiger partial charge in [-0.3, -0.25) is 0 Å². The van der Waals surface area contributed by atoms with Gasteiger partial charge in [0.15, 0.2) is 0 Å². The third-order valence-electron chi connectivity index (χ3n) is 6.32. The number of rotatable bonds is 3. The SMILES string of the molecule is CNC1CC(C)CC(C)C1CN1CC2CCCC2C1. The Morgan fingerprint density at radius 2 is 1.74 bits per heavy atom. The van der Waals surface area contributed by atoms with Crippen LogP contribution in [-0.2, 0) is 0 Å². The van der Waals surface area contributed by atoms with E-state index in [-0.39, 0.29) is 0 Å². The second-order valence-corrected chi connectivity index (χ2v) is 7.78. The molecule has 1 aliphatic heterocycles. The third-order valence-corrected chi connectivity index (χ3v) is 6.32. The van der Waals surface area contributed by atoms with E-state index in [2.05, 4.69) is 31.1 Å². The molecule has 3 fully saturated rings. The Hall–Kier alpha value is -0.0800. The first-order valence-corrected chi connectivity index (χ1v) is 8.57. The molecule has 6 unspecified atom stereocenters. The summed E-state index contributed by atoms with van der Waals surface area (Å²) in [6.45, 7) is 9.07. The van der Waals surface area contributed by atoms with Gasteiger partial charge in [0.1, 0.15) is 0 Å². The number of nitrogens with one attached hydrogen (secondary N) is 1. The van der Waals surface area contributed by atoms with Gasteiger partial charge in [-0.25, -0.2) is 0 Å². The van der Waals surface area contributed by atoms with E-state index >= 15 is 0 Å². The summed E-state index contributed by atoms with van der Waals surface area (Å²) in [5.74, 6) is 4.76. The zero-order chi connectivity index (χ0) is 13.4. The van der Waals surface area contributed by atoms with Crippen LogP contribution in [0.25, 0.3) is 0 Å². The summed E-state index contributed by atoms with van der Waals surface area (Å²) in [6.07, 6.45) is 7.33. The van der Waals surface area contributed by atoms with Crippen LogP contribution in [0.1, 0.15) is 46.0 Å². The van der Waals surface area contributed by atoms with Gasteiger partial charge in [0.2, 0.25) is 0 Å².